The van der Waals surface area contributed by atoms with Gasteiger partial charge in [0.1, 0.15) is 5.75 Å². The highest BCUT2D eigenvalue weighted by molar-refractivity contribution is 6.37. The van der Waals surface area contributed by atoms with Gasteiger partial charge in [0.15, 0.2) is 0 Å². The molecule has 6 aliphatic rings. The van der Waals surface area contributed by atoms with Crippen LogP contribution in [0.5, 0.6) is 5.75 Å². The van der Waals surface area contributed by atoms with Gasteiger partial charge < -0.3 is 41.7 Å². The summed E-state index contributed by atoms with van der Waals surface area (Å²) >= 11 is 25.5. The maximum atomic E-state index is 12.1. The summed E-state index contributed by atoms with van der Waals surface area (Å²) in [6.45, 7) is 4.41. The number of aliphatic carboxylic acids is 1. The van der Waals surface area contributed by atoms with Crippen LogP contribution in [0.3, 0.4) is 0 Å². The van der Waals surface area contributed by atoms with E-state index in [2.05, 4.69) is 74.9 Å². The van der Waals surface area contributed by atoms with E-state index in [1.54, 1.807) is 24.3 Å². The molecular formula is C50H56Cl4N6O5. The molecular weight excluding hydrogens is 906 g/mol. The molecule has 0 bridgehead atoms. The predicted octanol–water partition coefficient (Wildman–Crippen LogP) is 13.8. The number of rotatable bonds is 6. The number of benzene rings is 4. The van der Waals surface area contributed by atoms with Gasteiger partial charge in [0.05, 0.1) is 61.2 Å². The lowest BCUT2D eigenvalue weighted by atomic mass is 9.74. The van der Waals surface area contributed by atoms with Crippen molar-refractivity contribution in [3.63, 3.8) is 0 Å². The number of carbonyl (C=O) groups excluding carboxylic acids is 2. The Morgan fingerprint density at radius 1 is 0.585 bits per heavy atom. The second-order valence-corrected chi connectivity index (χ2v) is 19.6. The zero-order chi connectivity index (χ0) is 45.8. The van der Waals surface area contributed by atoms with Gasteiger partial charge in [0.25, 0.3) is 0 Å². The summed E-state index contributed by atoms with van der Waals surface area (Å²) in [4.78, 5) is 34.6. The first-order chi connectivity index (χ1) is 31.3. The van der Waals surface area contributed by atoms with Crippen molar-refractivity contribution in [2.75, 3.05) is 22.6 Å². The molecule has 7 N–H and O–H groups in total. The summed E-state index contributed by atoms with van der Waals surface area (Å²) in [5, 5.41) is 29.9. The minimum Gasteiger partial charge on any atom is -0.493 e. The van der Waals surface area contributed by atoms with Crippen molar-refractivity contribution < 1.29 is 24.2 Å². The van der Waals surface area contributed by atoms with Gasteiger partial charge in [-0.3, -0.25) is 4.79 Å². The molecule has 0 atom stereocenters. The van der Waals surface area contributed by atoms with Crippen LogP contribution in [0, 0.1) is 0 Å². The minimum absolute atomic E-state index is 0.0235. The maximum absolute atomic E-state index is 12.1. The Bertz CT molecular complexity index is 2450. The lowest BCUT2D eigenvalue weighted by Crippen LogP contribution is -2.52. The zero-order valence-electron chi connectivity index (χ0n) is 36.4. The van der Waals surface area contributed by atoms with Gasteiger partial charge in [-0.2, -0.15) is 0 Å². The summed E-state index contributed by atoms with van der Waals surface area (Å²) in [5.41, 5.74) is 7.01. The van der Waals surface area contributed by atoms with Crippen LogP contribution in [0.4, 0.5) is 26.7 Å². The van der Waals surface area contributed by atoms with E-state index in [-0.39, 0.29) is 29.6 Å². The number of carbonyl (C=O) groups is 3. The van der Waals surface area contributed by atoms with Crippen LogP contribution < -0.4 is 36.6 Å². The highest BCUT2D eigenvalue weighted by Crippen LogP contribution is 2.51. The summed E-state index contributed by atoms with van der Waals surface area (Å²) in [6, 6.07) is 21.4. The Kier molecular flexibility index (Phi) is 14.3. The third-order valence-electron chi connectivity index (χ3n) is 13.7. The lowest BCUT2D eigenvalue weighted by molar-refractivity contribution is -0.137. The molecule has 0 radical (unpaired) electrons. The molecule has 0 saturated heterocycles. The summed E-state index contributed by atoms with van der Waals surface area (Å²) in [6.07, 6.45) is 16.7. The number of urea groups is 2. The van der Waals surface area contributed by atoms with Crippen molar-refractivity contribution in [2.45, 2.75) is 126 Å². The molecule has 3 aliphatic heterocycles. The molecule has 3 fully saturated rings. The van der Waals surface area contributed by atoms with Crippen LogP contribution in [0.15, 0.2) is 79.1 Å². The monoisotopic (exact) mass is 960 g/mol. The number of carboxylic acid groups (broad SMARTS) is 1. The van der Waals surface area contributed by atoms with Crippen LogP contribution >= 0.6 is 46.4 Å². The molecule has 344 valence electrons. The van der Waals surface area contributed by atoms with E-state index in [4.69, 9.17) is 56.2 Å². The average Bonchev–Trinajstić information content (AvgIpc) is 3.29. The van der Waals surface area contributed by atoms with Gasteiger partial charge in [-0.15, -0.1) is 0 Å². The molecule has 4 amide bonds. The lowest BCUT2D eigenvalue weighted by Gasteiger charge is -2.45. The number of hydrogen-bond donors (Lipinski definition) is 7. The number of anilines is 3. The quantitative estimate of drug-likeness (QED) is 0.0950. The molecule has 65 heavy (non-hydrogen) atoms. The van der Waals surface area contributed by atoms with Crippen LogP contribution in [-0.4, -0.2) is 29.7 Å². The molecule has 4 aromatic carbocycles. The number of carboxylic acids is 1. The average molecular weight is 963 g/mol. The fraction of sp³-hybridized carbons (Fsp3) is 0.420. The smallest absolute Gasteiger partial charge is 0.319 e. The van der Waals surface area contributed by atoms with Crippen LogP contribution in [0.2, 0.25) is 20.1 Å². The van der Waals surface area contributed by atoms with Crippen molar-refractivity contribution >= 4 is 81.5 Å². The number of halogens is 4. The van der Waals surface area contributed by atoms with Crippen LogP contribution in [-0.2, 0) is 21.4 Å². The number of fused-ring (bicyclic) bond motifs is 6. The molecule has 3 aliphatic carbocycles. The van der Waals surface area contributed by atoms with E-state index in [9.17, 15) is 14.4 Å². The summed E-state index contributed by atoms with van der Waals surface area (Å²) in [5.74, 6) is 0.678. The second kappa shape index (κ2) is 20.0. The molecule has 3 heterocycles. The van der Waals surface area contributed by atoms with Crippen molar-refractivity contribution in [3.05, 3.63) is 116 Å². The normalized spacial score (nSPS) is 19.4. The third-order valence-corrected chi connectivity index (χ3v) is 14.9. The van der Waals surface area contributed by atoms with Gasteiger partial charge in [-0.1, -0.05) is 141 Å². The van der Waals surface area contributed by atoms with Crippen molar-refractivity contribution in [3.8, 4) is 16.9 Å². The molecule has 3 saturated carbocycles. The first-order valence-corrected chi connectivity index (χ1v) is 24.3. The van der Waals surface area contributed by atoms with E-state index >= 15 is 0 Å². The molecule has 15 heteroatoms. The van der Waals surface area contributed by atoms with Gasteiger partial charge in [0.2, 0.25) is 0 Å². The van der Waals surface area contributed by atoms with Crippen LogP contribution in [0.25, 0.3) is 11.1 Å². The molecule has 11 nitrogen and oxygen atoms in total. The number of nitrogens with one attached hydrogen (secondary N) is 6. The van der Waals surface area contributed by atoms with Gasteiger partial charge in [0, 0.05) is 28.1 Å². The zero-order valence-corrected chi connectivity index (χ0v) is 39.4. The van der Waals surface area contributed by atoms with Crippen molar-refractivity contribution in [1.82, 2.24) is 16.0 Å². The molecule has 10 rings (SSSR count). The first-order valence-electron chi connectivity index (χ1n) is 22.8. The maximum Gasteiger partial charge on any atom is 0.319 e. The second-order valence-electron chi connectivity index (χ2n) is 18.0. The van der Waals surface area contributed by atoms with Gasteiger partial charge in [-0.05, 0) is 92.5 Å². The number of ether oxygens (including phenoxy) is 1. The molecule has 0 unspecified atom stereocenters. The predicted molar refractivity (Wildman–Crippen MR) is 262 cm³/mol. The van der Waals surface area contributed by atoms with Crippen molar-refractivity contribution in [1.29, 1.82) is 0 Å². The van der Waals surface area contributed by atoms with Gasteiger partial charge >= 0.3 is 18.0 Å². The molecule has 3 spiro atoms. The van der Waals surface area contributed by atoms with E-state index < -0.39 is 11.5 Å². The molecule has 4 aromatic rings. The summed E-state index contributed by atoms with van der Waals surface area (Å²) < 4.78 is 5.86. The Balaban J connectivity index is 0.000000134. The SMILES string of the molecule is C=C1Nc2c(Cl)cc(-c3ccccc3)cc2C2(CCCCC2)N1.O=C(O)CCCOc1ccc(Cl)c2c1C1(CCCCC1)NC(=O)N2.O=C1Nc2c(Cl)ccc(Cl)c2C2(CCCCC2)N1. The van der Waals surface area contributed by atoms with Crippen molar-refractivity contribution in [2.24, 2.45) is 0 Å². The topological polar surface area (TPSA) is 153 Å². The summed E-state index contributed by atoms with van der Waals surface area (Å²) in [7, 11) is 0. The minimum atomic E-state index is -0.839. The Morgan fingerprint density at radius 3 is 1.69 bits per heavy atom. The van der Waals surface area contributed by atoms with Crippen LogP contribution in [0.1, 0.15) is 126 Å². The Morgan fingerprint density at radius 2 is 1.11 bits per heavy atom. The standard InChI is InChI=1S/C20H21ClN2.C17H21ClN2O4.C13H14Cl2N2O/c1-14-22-19-17(20(23-14)10-6-3-7-11-20)12-16(13-18(19)21)15-8-4-2-5-9-15;18-11-6-7-12(24-10-4-5-13(21)22)14-15(11)19-16(23)20-17(14)8-2-1-3-9-17;14-8-4-5-9(15)11-10(8)13(17-12(18)16-11)6-2-1-3-7-13/h2,4-5,8-9,12-13,22-23H,1,3,6-7,10-11H2;6-7H,1-5,8-10H2,(H,21,22)(H2,19,20,23);4-5H,1-3,6-7H2,(H2,16,17,18). The fourth-order valence-electron chi connectivity index (χ4n) is 10.7. The van der Waals surface area contributed by atoms with Gasteiger partial charge in [-0.25, -0.2) is 9.59 Å². The molecule has 0 aromatic heterocycles. The largest absolute Gasteiger partial charge is 0.493 e. The highest BCUT2D eigenvalue weighted by atomic mass is 35.5. The highest BCUT2D eigenvalue weighted by Gasteiger charge is 2.45. The Hall–Kier alpha value is -4.81. The number of hydrogen-bond acceptors (Lipinski definition) is 6. The van der Waals surface area contributed by atoms with E-state index in [0.717, 1.165) is 98.3 Å². The van der Waals surface area contributed by atoms with E-state index in [1.807, 2.05) is 6.07 Å². The van der Waals surface area contributed by atoms with E-state index in [0.29, 0.717) is 45.2 Å². The first kappa shape index (κ1) is 46.7. The fourth-order valence-corrected chi connectivity index (χ4v) is 11.7. The number of amides is 4. The third kappa shape index (κ3) is 9.99. The Labute approximate surface area is 400 Å². The van der Waals surface area contributed by atoms with E-state index in [1.165, 1.54) is 42.4 Å².